The van der Waals surface area contributed by atoms with E-state index >= 15 is 0 Å². The van der Waals surface area contributed by atoms with Crippen LogP contribution in [0.4, 0.5) is 5.82 Å². The summed E-state index contributed by atoms with van der Waals surface area (Å²) >= 11 is 6.26. The quantitative estimate of drug-likeness (QED) is 0.853. The predicted octanol–water partition coefficient (Wildman–Crippen LogP) is 2.77. The minimum atomic E-state index is -0.146. The van der Waals surface area contributed by atoms with E-state index in [2.05, 4.69) is 23.7 Å². The molecule has 1 N–H and O–H groups in total. The van der Waals surface area contributed by atoms with E-state index in [0.717, 1.165) is 43.1 Å². The molecule has 0 aromatic carbocycles. The third kappa shape index (κ3) is 2.29. The molecule has 1 aromatic rings. The lowest BCUT2D eigenvalue weighted by Gasteiger charge is -2.22. The average molecular weight is 296 g/mol. The topological polar surface area (TPSA) is 49.2 Å². The summed E-state index contributed by atoms with van der Waals surface area (Å²) in [5.74, 6) is 3.01. The minimum Gasteiger partial charge on any atom is -0.393 e. The van der Waals surface area contributed by atoms with Gasteiger partial charge in [0, 0.05) is 30.5 Å². The molecule has 20 heavy (non-hydrogen) atoms. The molecule has 4 nitrogen and oxygen atoms in total. The second kappa shape index (κ2) is 5.15. The van der Waals surface area contributed by atoms with Crippen LogP contribution in [0.15, 0.2) is 0 Å². The number of halogens is 1. The van der Waals surface area contributed by atoms with E-state index in [-0.39, 0.29) is 12.0 Å². The van der Waals surface area contributed by atoms with Gasteiger partial charge in [0.05, 0.1) is 6.10 Å². The Bertz CT molecular complexity index is 520. The molecule has 3 rings (SSSR count). The normalized spacial score (nSPS) is 29.3. The maximum Gasteiger partial charge on any atom is 0.137 e. The minimum absolute atomic E-state index is 0.146. The second-order valence-corrected chi connectivity index (χ2v) is 6.81. The molecule has 110 valence electrons. The van der Waals surface area contributed by atoms with Gasteiger partial charge in [0.2, 0.25) is 0 Å². The molecule has 2 fully saturated rings. The van der Waals surface area contributed by atoms with E-state index in [1.165, 1.54) is 0 Å². The van der Waals surface area contributed by atoms with Crippen LogP contribution in [0.25, 0.3) is 0 Å². The maximum atomic E-state index is 10.0. The molecule has 1 saturated carbocycles. The highest BCUT2D eigenvalue weighted by molar-refractivity contribution is 6.30. The standard InChI is InChI=1S/C15H22ClN3O/c1-8(2)14-17-13(16)9(3)15(18-14)19-6-10-4-5-12(20)11(10)7-19/h8,10-12,20H,4-7H2,1-3H3. The van der Waals surface area contributed by atoms with E-state index < -0.39 is 0 Å². The van der Waals surface area contributed by atoms with Gasteiger partial charge in [-0.2, -0.15) is 0 Å². The first-order chi connectivity index (χ1) is 9.47. The summed E-state index contributed by atoms with van der Waals surface area (Å²) < 4.78 is 0. The summed E-state index contributed by atoms with van der Waals surface area (Å²) in [6, 6.07) is 0. The highest BCUT2D eigenvalue weighted by Gasteiger charge is 2.42. The molecule has 3 unspecified atom stereocenters. The van der Waals surface area contributed by atoms with Crippen LogP contribution in [0.1, 0.15) is 44.0 Å². The van der Waals surface area contributed by atoms with Crippen molar-refractivity contribution in [3.8, 4) is 0 Å². The van der Waals surface area contributed by atoms with Crippen molar-refractivity contribution >= 4 is 17.4 Å². The molecule has 5 heteroatoms. The second-order valence-electron chi connectivity index (χ2n) is 6.45. The van der Waals surface area contributed by atoms with Crippen LogP contribution < -0.4 is 4.90 Å². The molecule has 0 bridgehead atoms. The number of hydrogen-bond donors (Lipinski definition) is 1. The molecule has 0 amide bonds. The molecular weight excluding hydrogens is 274 g/mol. The van der Waals surface area contributed by atoms with Crippen molar-refractivity contribution in [1.29, 1.82) is 0 Å². The van der Waals surface area contributed by atoms with Gasteiger partial charge in [0.15, 0.2) is 0 Å². The van der Waals surface area contributed by atoms with Gasteiger partial charge in [0.1, 0.15) is 16.8 Å². The van der Waals surface area contributed by atoms with Crippen molar-refractivity contribution in [2.45, 2.75) is 45.6 Å². The number of aromatic nitrogens is 2. The van der Waals surface area contributed by atoms with Crippen LogP contribution in [0, 0.1) is 18.8 Å². The summed E-state index contributed by atoms with van der Waals surface area (Å²) in [5, 5.41) is 10.6. The Hall–Kier alpha value is -0.870. The molecule has 0 spiro atoms. The van der Waals surface area contributed by atoms with E-state index in [9.17, 15) is 5.11 Å². The summed E-state index contributed by atoms with van der Waals surface area (Å²) in [6.07, 6.45) is 1.92. The van der Waals surface area contributed by atoms with Crippen molar-refractivity contribution in [2.24, 2.45) is 11.8 Å². The van der Waals surface area contributed by atoms with Gasteiger partial charge in [-0.3, -0.25) is 0 Å². The van der Waals surface area contributed by atoms with Crippen LogP contribution in [-0.2, 0) is 0 Å². The SMILES string of the molecule is Cc1c(Cl)nc(C(C)C)nc1N1CC2CCC(O)C2C1. The fourth-order valence-corrected chi connectivity index (χ4v) is 3.64. The molecule has 1 aliphatic carbocycles. The molecule has 1 saturated heterocycles. The van der Waals surface area contributed by atoms with E-state index in [4.69, 9.17) is 16.6 Å². The monoisotopic (exact) mass is 295 g/mol. The first-order valence-corrected chi connectivity index (χ1v) is 7.82. The Labute approximate surface area is 125 Å². The first kappa shape index (κ1) is 14.1. The Morgan fingerprint density at radius 3 is 2.65 bits per heavy atom. The fraction of sp³-hybridized carbons (Fsp3) is 0.733. The van der Waals surface area contributed by atoms with E-state index in [0.29, 0.717) is 17.0 Å². The zero-order chi connectivity index (χ0) is 14.4. The average Bonchev–Trinajstić information content (AvgIpc) is 2.95. The lowest BCUT2D eigenvalue weighted by atomic mass is 10.00. The molecule has 0 radical (unpaired) electrons. The molecular formula is C15H22ClN3O. The van der Waals surface area contributed by atoms with Gasteiger partial charge in [0.25, 0.3) is 0 Å². The smallest absolute Gasteiger partial charge is 0.137 e. The lowest BCUT2D eigenvalue weighted by molar-refractivity contribution is 0.133. The number of hydrogen-bond acceptors (Lipinski definition) is 4. The molecule has 3 atom stereocenters. The summed E-state index contributed by atoms with van der Waals surface area (Å²) in [4.78, 5) is 11.4. The van der Waals surface area contributed by atoms with E-state index in [1.807, 2.05) is 6.92 Å². The number of rotatable bonds is 2. The zero-order valence-electron chi connectivity index (χ0n) is 12.3. The predicted molar refractivity (Wildman–Crippen MR) is 80.3 cm³/mol. The van der Waals surface area contributed by atoms with Gasteiger partial charge >= 0.3 is 0 Å². The fourth-order valence-electron chi connectivity index (χ4n) is 3.47. The van der Waals surface area contributed by atoms with Crippen LogP contribution in [0.2, 0.25) is 5.15 Å². The highest BCUT2D eigenvalue weighted by atomic mass is 35.5. The maximum absolute atomic E-state index is 10.0. The largest absolute Gasteiger partial charge is 0.393 e. The van der Waals surface area contributed by atoms with Crippen LogP contribution in [-0.4, -0.2) is 34.3 Å². The molecule has 2 aliphatic rings. The molecule has 2 heterocycles. The third-order valence-electron chi connectivity index (χ3n) is 4.71. The van der Waals surface area contributed by atoms with Gasteiger partial charge in [-0.15, -0.1) is 0 Å². The van der Waals surface area contributed by atoms with Crippen molar-refractivity contribution in [2.75, 3.05) is 18.0 Å². The third-order valence-corrected chi connectivity index (χ3v) is 5.08. The Balaban J connectivity index is 1.91. The van der Waals surface area contributed by atoms with Crippen LogP contribution in [0.5, 0.6) is 0 Å². The van der Waals surface area contributed by atoms with Crippen LogP contribution >= 0.6 is 11.6 Å². The van der Waals surface area contributed by atoms with Gasteiger partial charge in [-0.25, -0.2) is 9.97 Å². The summed E-state index contributed by atoms with van der Waals surface area (Å²) in [7, 11) is 0. The molecule has 1 aliphatic heterocycles. The van der Waals surface area contributed by atoms with E-state index in [1.54, 1.807) is 0 Å². The summed E-state index contributed by atoms with van der Waals surface area (Å²) in [6.45, 7) is 8.00. The highest BCUT2D eigenvalue weighted by Crippen LogP contribution is 2.40. The Kier molecular flexibility index (Phi) is 3.63. The Morgan fingerprint density at radius 1 is 1.25 bits per heavy atom. The Morgan fingerprint density at radius 2 is 2.00 bits per heavy atom. The van der Waals surface area contributed by atoms with Gasteiger partial charge in [-0.1, -0.05) is 25.4 Å². The van der Waals surface area contributed by atoms with Crippen molar-refractivity contribution in [3.05, 3.63) is 16.5 Å². The van der Waals surface area contributed by atoms with Crippen molar-refractivity contribution < 1.29 is 5.11 Å². The summed E-state index contributed by atoms with van der Waals surface area (Å²) in [5.41, 5.74) is 0.950. The zero-order valence-corrected chi connectivity index (χ0v) is 13.1. The van der Waals surface area contributed by atoms with Crippen LogP contribution in [0.3, 0.4) is 0 Å². The number of fused-ring (bicyclic) bond motifs is 1. The lowest BCUT2D eigenvalue weighted by Crippen LogP contribution is -2.26. The molecule has 1 aromatic heterocycles. The van der Waals surface area contributed by atoms with Crippen molar-refractivity contribution in [3.63, 3.8) is 0 Å². The van der Waals surface area contributed by atoms with Gasteiger partial charge < -0.3 is 10.0 Å². The number of anilines is 1. The number of aliphatic hydroxyl groups is 1. The number of nitrogens with zero attached hydrogens (tertiary/aromatic N) is 3. The van der Waals surface area contributed by atoms with Gasteiger partial charge in [-0.05, 0) is 25.7 Å². The number of aliphatic hydroxyl groups excluding tert-OH is 1. The van der Waals surface area contributed by atoms with Crippen molar-refractivity contribution in [1.82, 2.24) is 9.97 Å². The first-order valence-electron chi connectivity index (χ1n) is 7.44.